The summed E-state index contributed by atoms with van der Waals surface area (Å²) in [5.41, 5.74) is -1.61. The first-order valence-corrected chi connectivity index (χ1v) is 11.3. The highest BCUT2D eigenvalue weighted by Crippen LogP contribution is 2.33. The quantitative estimate of drug-likeness (QED) is 0.344. The van der Waals surface area contributed by atoms with Crippen LogP contribution in [0.2, 0.25) is 0 Å². The van der Waals surface area contributed by atoms with Crippen LogP contribution >= 0.6 is 0 Å². The maximum atomic E-state index is 13.2. The molecule has 1 aromatic carbocycles. The Morgan fingerprint density at radius 3 is 2.14 bits per heavy atom. The van der Waals surface area contributed by atoms with Gasteiger partial charge in [0, 0.05) is 20.8 Å². The summed E-state index contributed by atoms with van der Waals surface area (Å²) < 4.78 is 31.9. The molecule has 1 aromatic rings. The predicted molar refractivity (Wildman–Crippen MR) is 121 cm³/mol. The fraction of sp³-hybridized carbons (Fsp3) is 0.542. The molecule has 1 N–H and O–H groups in total. The molecule has 5 atom stereocenters. The van der Waals surface area contributed by atoms with Gasteiger partial charge in [0.1, 0.15) is 6.04 Å². The first kappa shape index (κ1) is 28.7. The normalized spacial score (nSPS) is 24.1. The molecule has 1 aliphatic rings. The SMILES string of the molecule is CCOC(=O)[C@H](Cc1ccccc1)N[C@]1(C(=O)OC)OC[C@@H](OC(C)=O)[C@@H](OC(C)=O)[C@@H]1OC(C)=O. The van der Waals surface area contributed by atoms with Crippen LogP contribution in [0.15, 0.2) is 30.3 Å². The Kier molecular flexibility index (Phi) is 10.4. The molecular formula is C24H31NO11. The second-order valence-electron chi connectivity index (χ2n) is 7.93. The van der Waals surface area contributed by atoms with Crippen LogP contribution in [-0.2, 0) is 58.8 Å². The number of ether oxygens (including phenoxy) is 6. The zero-order valence-electron chi connectivity index (χ0n) is 20.8. The largest absolute Gasteiger partial charge is 0.466 e. The first-order valence-electron chi connectivity index (χ1n) is 11.3. The molecule has 1 aliphatic heterocycles. The average Bonchev–Trinajstić information content (AvgIpc) is 2.81. The highest BCUT2D eigenvalue weighted by molar-refractivity contribution is 5.84. The van der Waals surface area contributed by atoms with E-state index in [0.717, 1.165) is 33.4 Å². The minimum absolute atomic E-state index is 0.0514. The fourth-order valence-corrected chi connectivity index (χ4v) is 3.84. The third kappa shape index (κ3) is 7.25. The van der Waals surface area contributed by atoms with E-state index in [4.69, 9.17) is 28.4 Å². The summed E-state index contributed by atoms with van der Waals surface area (Å²) in [7, 11) is 1.06. The smallest absolute Gasteiger partial charge is 0.357 e. The molecule has 0 aliphatic carbocycles. The van der Waals surface area contributed by atoms with Gasteiger partial charge in [0.15, 0.2) is 18.3 Å². The van der Waals surface area contributed by atoms with Gasteiger partial charge in [-0.25, -0.2) is 4.79 Å². The number of carbonyl (C=O) groups is 5. The Morgan fingerprint density at radius 1 is 1.00 bits per heavy atom. The molecule has 0 aromatic heterocycles. The van der Waals surface area contributed by atoms with Crippen molar-refractivity contribution >= 4 is 29.8 Å². The van der Waals surface area contributed by atoms with Crippen molar-refractivity contribution in [1.29, 1.82) is 0 Å². The number of methoxy groups -OCH3 is 1. The summed E-state index contributed by atoms with van der Waals surface area (Å²) in [5.74, 6) is -4.19. The van der Waals surface area contributed by atoms with E-state index < -0.39 is 66.5 Å². The van der Waals surface area contributed by atoms with Gasteiger partial charge in [-0.1, -0.05) is 30.3 Å². The minimum atomic E-state index is -2.33. The van der Waals surface area contributed by atoms with Crippen molar-refractivity contribution in [3.05, 3.63) is 35.9 Å². The maximum absolute atomic E-state index is 13.2. The lowest BCUT2D eigenvalue weighted by Gasteiger charge is -2.47. The topological polar surface area (TPSA) is 153 Å². The van der Waals surface area contributed by atoms with Gasteiger partial charge in [-0.2, -0.15) is 0 Å². The van der Waals surface area contributed by atoms with Gasteiger partial charge in [-0.15, -0.1) is 0 Å². The Labute approximate surface area is 208 Å². The molecule has 0 bridgehead atoms. The lowest BCUT2D eigenvalue weighted by atomic mass is 9.91. The number of hydrogen-bond donors (Lipinski definition) is 1. The molecule has 0 spiro atoms. The van der Waals surface area contributed by atoms with Gasteiger partial charge in [-0.05, 0) is 18.9 Å². The third-order valence-corrected chi connectivity index (χ3v) is 5.18. The summed E-state index contributed by atoms with van der Waals surface area (Å²) in [4.78, 5) is 61.8. The molecule has 12 heteroatoms. The number of esters is 5. The number of benzene rings is 1. The van der Waals surface area contributed by atoms with Crippen molar-refractivity contribution in [3.8, 4) is 0 Å². The molecule has 1 fully saturated rings. The van der Waals surface area contributed by atoms with Gasteiger partial charge in [0.2, 0.25) is 0 Å². The Bertz CT molecular complexity index is 951. The molecule has 0 amide bonds. The molecule has 0 radical (unpaired) electrons. The van der Waals surface area contributed by atoms with Gasteiger partial charge >= 0.3 is 29.8 Å². The molecule has 0 saturated carbocycles. The van der Waals surface area contributed by atoms with Gasteiger partial charge < -0.3 is 28.4 Å². The maximum Gasteiger partial charge on any atom is 0.357 e. The van der Waals surface area contributed by atoms with Gasteiger partial charge in [0.25, 0.3) is 5.72 Å². The van der Waals surface area contributed by atoms with Crippen molar-refractivity contribution in [2.24, 2.45) is 0 Å². The molecule has 12 nitrogen and oxygen atoms in total. The van der Waals surface area contributed by atoms with E-state index in [1.165, 1.54) is 0 Å². The van der Waals surface area contributed by atoms with E-state index in [1.54, 1.807) is 37.3 Å². The van der Waals surface area contributed by atoms with Crippen LogP contribution < -0.4 is 5.32 Å². The Morgan fingerprint density at radius 2 is 1.61 bits per heavy atom. The van der Waals surface area contributed by atoms with Crippen molar-refractivity contribution in [1.82, 2.24) is 5.32 Å². The number of carbonyl (C=O) groups excluding carboxylic acids is 5. The molecule has 198 valence electrons. The van der Waals surface area contributed by atoms with E-state index in [9.17, 15) is 24.0 Å². The minimum Gasteiger partial charge on any atom is -0.466 e. The third-order valence-electron chi connectivity index (χ3n) is 5.18. The lowest BCUT2D eigenvalue weighted by Crippen LogP contribution is -2.75. The van der Waals surface area contributed by atoms with Crippen LogP contribution in [0.1, 0.15) is 33.3 Å². The van der Waals surface area contributed by atoms with Crippen LogP contribution in [0, 0.1) is 0 Å². The van der Waals surface area contributed by atoms with Crippen LogP contribution in [0.5, 0.6) is 0 Å². The first-order chi connectivity index (χ1) is 17.0. The van der Waals surface area contributed by atoms with Crippen molar-refractivity contribution in [2.75, 3.05) is 20.3 Å². The van der Waals surface area contributed by atoms with E-state index in [1.807, 2.05) is 0 Å². The van der Waals surface area contributed by atoms with Crippen LogP contribution in [-0.4, -0.2) is 80.2 Å². The zero-order valence-corrected chi connectivity index (χ0v) is 20.8. The monoisotopic (exact) mass is 509 g/mol. The molecule has 2 rings (SSSR count). The summed E-state index contributed by atoms with van der Waals surface area (Å²) >= 11 is 0. The molecular weight excluding hydrogens is 478 g/mol. The average molecular weight is 510 g/mol. The Hall–Kier alpha value is -3.51. The highest BCUT2D eigenvalue weighted by Gasteiger charge is 2.62. The van der Waals surface area contributed by atoms with Gasteiger partial charge in [0.05, 0.1) is 20.3 Å². The second kappa shape index (κ2) is 13.0. The zero-order chi connectivity index (χ0) is 26.9. The van der Waals surface area contributed by atoms with Crippen LogP contribution in [0.3, 0.4) is 0 Å². The molecule has 1 saturated heterocycles. The summed E-state index contributed by atoms with van der Waals surface area (Å²) in [6, 6.07) is 7.68. The Balaban J connectivity index is 2.60. The van der Waals surface area contributed by atoms with E-state index in [0.29, 0.717) is 0 Å². The predicted octanol–water partition coefficient (Wildman–Crippen LogP) is 0.445. The number of nitrogens with one attached hydrogen (secondary N) is 1. The second-order valence-corrected chi connectivity index (χ2v) is 7.93. The van der Waals surface area contributed by atoms with Gasteiger partial charge in [-0.3, -0.25) is 24.5 Å². The van der Waals surface area contributed by atoms with Crippen molar-refractivity contribution in [3.63, 3.8) is 0 Å². The van der Waals surface area contributed by atoms with Crippen LogP contribution in [0.4, 0.5) is 0 Å². The standard InChI is InChI=1S/C24H31NO11/c1-6-32-22(29)18(12-17-10-8-7-9-11-17)25-24(23(30)31-5)21(36-16(4)28)20(35-15(3)27)19(13-33-24)34-14(2)26/h7-11,18-21,25H,6,12-13H2,1-5H3/t18-,19+,20+,21-,24-/m0/s1. The summed E-state index contributed by atoms with van der Waals surface area (Å²) in [6.45, 7) is 4.49. The summed E-state index contributed by atoms with van der Waals surface area (Å²) in [5, 5.41) is 2.81. The van der Waals surface area contributed by atoms with Crippen molar-refractivity contribution < 1.29 is 52.4 Å². The molecule has 0 unspecified atom stereocenters. The highest BCUT2D eigenvalue weighted by atomic mass is 16.7. The fourth-order valence-electron chi connectivity index (χ4n) is 3.84. The van der Waals surface area contributed by atoms with Crippen LogP contribution in [0.25, 0.3) is 0 Å². The van der Waals surface area contributed by atoms with E-state index in [-0.39, 0.29) is 13.0 Å². The molecule has 1 heterocycles. The van der Waals surface area contributed by atoms with E-state index in [2.05, 4.69) is 5.32 Å². The lowest BCUT2D eigenvalue weighted by molar-refractivity contribution is -0.267. The summed E-state index contributed by atoms with van der Waals surface area (Å²) in [6.07, 6.45) is -4.36. The van der Waals surface area contributed by atoms with E-state index >= 15 is 0 Å². The molecule has 36 heavy (non-hydrogen) atoms. The number of rotatable bonds is 10. The van der Waals surface area contributed by atoms with Crippen molar-refractivity contribution in [2.45, 2.75) is 64.2 Å². The number of hydrogen-bond acceptors (Lipinski definition) is 12.